The van der Waals surface area contributed by atoms with Gasteiger partial charge >= 0.3 is 0 Å². The number of anilines is 3. The van der Waals surface area contributed by atoms with Gasteiger partial charge in [-0.15, -0.1) is 0 Å². The molecule has 4 aromatic rings. The van der Waals surface area contributed by atoms with Crippen molar-refractivity contribution < 1.29 is 0 Å². The summed E-state index contributed by atoms with van der Waals surface area (Å²) in [5.74, 6) is 0. The molecule has 0 fully saturated rings. The Morgan fingerprint density at radius 1 is 0.586 bits per heavy atom. The highest BCUT2D eigenvalue weighted by Gasteiger charge is 1.97. The van der Waals surface area contributed by atoms with Crippen molar-refractivity contribution in [1.82, 2.24) is 0 Å². The molecule has 4 rings (SSSR count). The maximum absolute atomic E-state index is 5.36. The second-order valence-electron chi connectivity index (χ2n) is 5.80. The number of nitrogens with one attached hydrogen (secondary N) is 1. The molecule has 2 nitrogen and oxygen atoms in total. The molecule has 0 aliphatic rings. The standard InChI is InChI=1S/C12H10BrN.C6H4BrI.C6H7N/c13-11-8-4-5-9-12(11)14-10-6-2-1-3-7-10;7-5-3-1-2-4-6(5)8;7-6-4-2-1-3-5-6/h1-9,14H;1-4H;1-5H,7H2. The van der Waals surface area contributed by atoms with Crippen LogP contribution >= 0.6 is 54.5 Å². The van der Waals surface area contributed by atoms with Crippen molar-refractivity contribution in [1.29, 1.82) is 0 Å². The Balaban J connectivity index is 0.000000170. The van der Waals surface area contributed by atoms with Crippen LogP contribution in [0.2, 0.25) is 0 Å². The summed E-state index contributed by atoms with van der Waals surface area (Å²) in [7, 11) is 0. The van der Waals surface area contributed by atoms with Gasteiger partial charge in [0.05, 0.1) is 5.69 Å². The topological polar surface area (TPSA) is 38.0 Å². The molecule has 5 heteroatoms. The number of hydrogen-bond acceptors (Lipinski definition) is 2. The molecule has 148 valence electrons. The molecule has 0 aromatic heterocycles. The van der Waals surface area contributed by atoms with Gasteiger partial charge in [-0.3, -0.25) is 0 Å². The molecule has 0 heterocycles. The Morgan fingerprint density at radius 2 is 1.07 bits per heavy atom. The van der Waals surface area contributed by atoms with Crippen LogP contribution in [0.25, 0.3) is 0 Å². The Bertz CT molecular complexity index is 959. The molecule has 0 spiro atoms. The first-order valence-electron chi connectivity index (χ1n) is 8.83. The van der Waals surface area contributed by atoms with Gasteiger partial charge in [-0.25, -0.2) is 0 Å². The van der Waals surface area contributed by atoms with E-state index in [2.05, 4.69) is 65.8 Å². The van der Waals surface area contributed by atoms with Crippen LogP contribution in [0.1, 0.15) is 0 Å². The lowest BCUT2D eigenvalue weighted by Gasteiger charge is -2.07. The zero-order valence-electron chi connectivity index (χ0n) is 15.6. The summed E-state index contributed by atoms with van der Waals surface area (Å²) in [6.07, 6.45) is 0. The van der Waals surface area contributed by atoms with E-state index in [-0.39, 0.29) is 0 Å². The fraction of sp³-hybridized carbons (Fsp3) is 0. The summed E-state index contributed by atoms with van der Waals surface area (Å²) in [6, 6.07) is 35.8. The Kier molecular flexibility index (Phi) is 10.8. The van der Waals surface area contributed by atoms with Crippen LogP contribution in [0.5, 0.6) is 0 Å². The van der Waals surface area contributed by atoms with Crippen LogP contribution in [-0.2, 0) is 0 Å². The van der Waals surface area contributed by atoms with E-state index in [9.17, 15) is 0 Å². The van der Waals surface area contributed by atoms with Crippen LogP contribution in [0.3, 0.4) is 0 Å². The number of halogens is 3. The number of nitrogen functional groups attached to an aromatic ring is 1. The van der Waals surface area contributed by atoms with Crippen molar-refractivity contribution >= 4 is 71.5 Å². The first kappa shape index (κ1) is 23.4. The third-order valence-electron chi connectivity index (χ3n) is 3.55. The van der Waals surface area contributed by atoms with Crippen LogP contribution < -0.4 is 11.1 Å². The summed E-state index contributed by atoms with van der Waals surface area (Å²) in [5.41, 5.74) is 8.36. The molecule has 0 amide bonds. The summed E-state index contributed by atoms with van der Waals surface area (Å²) in [5, 5.41) is 3.33. The monoisotopic (exact) mass is 622 g/mol. The summed E-state index contributed by atoms with van der Waals surface area (Å²) in [4.78, 5) is 0. The minimum atomic E-state index is 0.822. The lowest BCUT2D eigenvalue weighted by molar-refractivity contribution is 1.52. The first-order chi connectivity index (χ1) is 14.1. The fourth-order valence-electron chi connectivity index (χ4n) is 2.13. The Morgan fingerprint density at radius 3 is 1.52 bits per heavy atom. The largest absolute Gasteiger partial charge is 0.399 e. The van der Waals surface area contributed by atoms with Gasteiger partial charge in [0, 0.05) is 23.9 Å². The molecule has 29 heavy (non-hydrogen) atoms. The molecule has 0 saturated carbocycles. The van der Waals surface area contributed by atoms with Crippen molar-refractivity contribution in [3.63, 3.8) is 0 Å². The Hall–Kier alpha value is -1.83. The highest BCUT2D eigenvalue weighted by Crippen LogP contribution is 2.24. The van der Waals surface area contributed by atoms with E-state index in [0.29, 0.717) is 0 Å². The molecule has 0 unspecified atom stereocenters. The molecule has 4 aromatic carbocycles. The molecule has 3 N–H and O–H groups in total. The third kappa shape index (κ3) is 9.47. The first-order valence-corrected chi connectivity index (χ1v) is 11.5. The van der Waals surface area contributed by atoms with Crippen molar-refractivity contribution in [2.75, 3.05) is 11.1 Å². The zero-order chi connectivity index (χ0) is 20.9. The van der Waals surface area contributed by atoms with E-state index in [1.54, 1.807) is 0 Å². The minimum Gasteiger partial charge on any atom is -0.399 e. The molecule has 0 atom stereocenters. The smallest absolute Gasteiger partial charge is 0.0528 e. The summed E-state index contributed by atoms with van der Waals surface area (Å²) < 4.78 is 3.49. The van der Waals surface area contributed by atoms with Gasteiger partial charge in [0.15, 0.2) is 0 Å². The molecular weight excluding hydrogens is 603 g/mol. The van der Waals surface area contributed by atoms with Gasteiger partial charge < -0.3 is 11.1 Å². The normalized spacial score (nSPS) is 9.34. The lowest BCUT2D eigenvalue weighted by Crippen LogP contribution is -1.89. The van der Waals surface area contributed by atoms with E-state index < -0.39 is 0 Å². The van der Waals surface area contributed by atoms with Gasteiger partial charge in [0.2, 0.25) is 0 Å². The quantitative estimate of drug-likeness (QED) is 0.174. The molecular formula is C24H21Br2IN2. The van der Waals surface area contributed by atoms with Crippen molar-refractivity contribution in [3.8, 4) is 0 Å². The fourth-order valence-corrected chi connectivity index (χ4v) is 3.19. The molecule has 0 radical (unpaired) electrons. The highest BCUT2D eigenvalue weighted by atomic mass is 127. The van der Waals surface area contributed by atoms with Crippen molar-refractivity contribution in [3.05, 3.63) is 122 Å². The predicted molar refractivity (Wildman–Crippen MR) is 142 cm³/mol. The Labute approximate surface area is 203 Å². The average Bonchev–Trinajstić information content (AvgIpc) is 2.74. The van der Waals surface area contributed by atoms with Gasteiger partial charge in [0.25, 0.3) is 0 Å². The van der Waals surface area contributed by atoms with E-state index >= 15 is 0 Å². The van der Waals surface area contributed by atoms with Crippen LogP contribution in [0, 0.1) is 3.57 Å². The van der Waals surface area contributed by atoms with Crippen LogP contribution in [-0.4, -0.2) is 0 Å². The summed E-state index contributed by atoms with van der Waals surface area (Å²) >= 11 is 9.16. The number of hydrogen-bond donors (Lipinski definition) is 2. The zero-order valence-corrected chi connectivity index (χ0v) is 20.9. The molecule has 0 bridgehead atoms. The number of rotatable bonds is 2. The van der Waals surface area contributed by atoms with Crippen molar-refractivity contribution in [2.24, 2.45) is 0 Å². The predicted octanol–water partition coefficient (Wildman–Crippen LogP) is 8.52. The number of nitrogens with two attached hydrogens (primary N) is 1. The van der Waals surface area contributed by atoms with E-state index in [0.717, 1.165) is 21.5 Å². The van der Waals surface area contributed by atoms with Gasteiger partial charge in [-0.05, 0) is 103 Å². The molecule has 0 aliphatic carbocycles. The second-order valence-corrected chi connectivity index (χ2v) is 8.67. The lowest BCUT2D eigenvalue weighted by atomic mass is 10.3. The highest BCUT2D eigenvalue weighted by molar-refractivity contribution is 14.1. The SMILES string of the molecule is Brc1ccccc1I.Brc1ccccc1Nc1ccccc1.Nc1ccccc1. The average molecular weight is 624 g/mol. The third-order valence-corrected chi connectivity index (χ3v) is 6.62. The number of para-hydroxylation sites is 3. The number of benzene rings is 4. The maximum Gasteiger partial charge on any atom is 0.0528 e. The molecule has 0 saturated heterocycles. The minimum absolute atomic E-state index is 0.822. The van der Waals surface area contributed by atoms with E-state index in [1.165, 1.54) is 8.04 Å². The summed E-state index contributed by atoms with van der Waals surface area (Å²) in [6.45, 7) is 0. The van der Waals surface area contributed by atoms with Crippen LogP contribution in [0.15, 0.2) is 118 Å². The van der Waals surface area contributed by atoms with Crippen LogP contribution in [0.4, 0.5) is 17.1 Å². The second kappa shape index (κ2) is 13.4. The van der Waals surface area contributed by atoms with Gasteiger partial charge in [-0.1, -0.05) is 60.7 Å². The van der Waals surface area contributed by atoms with Crippen molar-refractivity contribution in [2.45, 2.75) is 0 Å². The van der Waals surface area contributed by atoms with Gasteiger partial charge in [0.1, 0.15) is 0 Å². The van der Waals surface area contributed by atoms with Gasteiger partial charge in [-0.2, -0.15) is 0 Å². The maximum atomic E-state index is 5.36. The van der Waals surface area contributed by atoms with E-state index in [4.69, 9.17) is 5.73 Å². The van der Waals surface area contributed by atoms with E-state index in [1.807, 2.05) is 103 Å². The molecule has 0 aliphatic heterocycles.